The highest BCUT2D eigenvalue weighted by molar-refractivity contribution is 6.06. The Morgan fingerprint density at radius 1 is 1.04 bits per heavy atom. The minimum Gasteiger partial charge on any atom is -0.486 e. The molecule has 4 aromatic heterocycles. The lowest BCUT2D eigenvalue weighted by Gasteiger charge is -2.35. The van der Waals surface area contributed by atoms with E-state index in [-0.39, 0.29) is 24.2 Å². The van der Waals surface area contributed by atoms with Crippen molar-refractivity contribution in [2.24, 2.45) is 7.05 Å². The van der Waals surface area contributed by atoms with E-state index in [9.17, 15) is 14.4 Å². The fraction of sp³-hybridized carbons (Fsp3) is 0.382. The lowest BCUT2D eigenvalue weighted by molar-refractivity contribution is -0.142. The summed E-state index contributed by atoms with van der Waals surface area (Å²) in [5.41, 5.74) is 5.23. The summed E-state index contributed by atoms with van der Waals surface area (Å²) in [6, 6.07) is 9.19. The standard InChI is InChI=1S/C34H37N7O5/c1-21(42)45-20-27-26(10-11-35-32(27)41-13-12-40-29-7-5-4-6-22(29)15-30(40)34(41)44)23-14-28(33(43)39(3)17-23)37-31-9-8-24(16-36-31)46-25-18-38(2)19-25/h8-11,14-17,25H,4-7,12-13,18-20H2,1-3H3,(H,36,37). The highest BCUT2D eigenvalue weighted by Gasteiger charge is 2.33. The van der Waals surface area contributed by atoms with Gasteiger partial charge in [0.05, 0.1) is 6.20 Å². The van der Waals surface area contributed by atoms with Gasteiger partial charge in [-0.25, -0.2) is 9.97 Å². The molecule has 0 spiro atoms. The minimum atomic E-state index is -0.446. The van der Waals surface area contributed by atoms with E-state index in [1.54, 1.807) is 42.7 Å². The average molecular weight is 624 g/mol. The molecule has 6 heterocycles. The first-order valence-electron chi connectivity index (χ1n) is 15.7. The number of nitrogens with zero attached hydrogens (tertiary/aromatic N) is 6. The molecule has 12 heteroatoms. The van der Waals surface area contributed by atoms with Crippen LogP contribution in [0.25, 0.3) is 11.1 Å². The van der Waals surface area contributed by atoms with Crippen LogP contribution in [0, 0.1) is 0 Å². The number of fused-ring (bicyclic) bond motifs is 3. The van der Waals surface area contributed by atoms with Gasteiger partial charge < -0.3 is 23.9 Å². The van der Waals surface area contributed by atoms with Gasteiger partial charge in [0.15, 0.2) is 0 Å². The summed E-state index contributed by atoms with van der Waals surface area (Å²) >= 11 is 0. The van der Waals surface area contributed by atoms with Crippen molar-refractivity contribution in [3.63, 3.8) is 0 Å². The summed E-state index contributed by atoms with van der Waals surface area (Å²) in [6.45, 7) is 4.12. The molecule has 1 amide bonds. The molecule has 46 heavy (non-hydrogen) atoms. The summed E-state index contributed by atoms with van der Waals surface area (Å²) in [4.78, 5) is 52.1. The summed E-state index contributed by atoms with van der Waals surface area (Å²) in [7, 11) is 3.72. The van der Waals surface area contributed by atoms with E-state index in [1.807, 2.05) is 25.2 Å². The number of carbonyl (C=O) groups excluding carboxylic acids is 2. The van der Waals surface area contributed by atoms with Crippen molar-refractivity contribution in [1.29, 1.82) is 0 Å². The predicted octanol–water partition coefficient (Wildman–Crippen LogP) is 3.68. The van der Waals surface area contributed by atoms with Gasteiger partial charge in [-0.2, -0.15) is 0 Å². The Morgan fingerprint density at radius 2 is 1.87 bits per heavy atom. The first-order chi connectivity index (χ1) is 22.2. The van der Waals surface area contributed by atoms with Gasteiger partial charge in [-0.05, 0) is 74.2 Å². The fourth-order valence-corrected chi connectivity index (χ4v) is 6.66. The Morgan fingerprint density at radius 3 is 2.63 bits per heavy atom. The Balaban J connectivity index is 1.21. The van der Waals surface area contributed by atoms with E-state index < -0.39 is 5.97 Å². The summed E-state index contributed by atoms with van der Waals surface area (Å²) in [5, 5.41) is 3.15. The summed E-state index contributed by atoms with van der Waals surface area (Å²) < 4.78 is 15.1. The molecule has 0 bridgehead atoms. The van der Waals surface area contributed by atoms with Gasteiger partial charge in [0.1, 0.15) is 41.5 Å². The SMILES string of the molecule is CC(=O)OCc1c(-c2cc(Nc3ccc(OC4CN(C)C4)cn3)c(=O)n(C)c2)ccnc1N1CCn2c(cc3c2CCCC3)C1=O. The quantitative estimate of drug-likeness (QED) is 0.293. The van der Waals surface area contributed by atoms with Gasteiger partial charge in [0.2, 0.25) is 0 Å². The van der Waals surface area contributed by atoms with Gasteiger partial charge in [-0.3, -0.25) is 24.2 Å². The molecule has 1 N–H and O–H groups in total. The molecule has 0 atom stereocenters. The van der Waals surface area contributed by atoms with Crippen molar-refractivity contribution in [3.8, 4) is 16.9 Å². The third-order valence-electron chi connectivity index (χ3n) is 8.95. The summed E-state index contributed by atoms with van der Waals surface area (Å²) in [5.74, 6) is 1.03. The van der Waals surface area contributed by atoms with Crippen LogP contribution in [0.1, 0.15) is 47.1 Å². The highest BCUT2D eigenvalue weighted by atomic mass is 16.5. The number of ether oxygens (including phenoxy) is 2. The number of aryl methyl sites for hydroxylation is 2. The molecule has 1 aliphatic carbocycles. The molecule has 12 nitrogen and oxygen atoms in total. The number of carbonyl (C=O) groups is 2. The molecule has 238 valence electrons. The van der Waals surface area contributed by atoms with Crippen LogP contribution in [0.3, 0.4) is 0 Å². The number of hydrogen-bond donors (Lipinski definition) is 1. The summed E-state index contributed by atoms with van der Waals surface area (Å²) in [6.07, 6.45) is 9.41. The number of likely N-dealkylation sites (tertiary alicyclic amines) is 1. The second kappa shape index (κ2) is 12.1. The molecule has 1 saturated heterocycles. The van der Waals surface area contributed by atoms with Crippen molar-refractivity contribution in [2.45, 2.75) is 51.9 Å². The fourth-order valence-electron chi connectivity index (χ4n) is 6.66. The molecule has 1 fully saturated rings. The molecule has 0 aromatic carbocycles. The molecule has 0 saturated carbocycles. The molecule has 7 rings (SSSR count). The Bertz CT molecular complexity index is 1870. The van der Waals surface area contributed by atoms with E-state index in [4.69, 9.17) is 9.47 Å². The molecule has 0 unspecified atom stereocenters. The Hall–Kier alpha value is -4.97. The molecule has 2 aliphatic heterocycles. The number of rotatable bonds is 8. The molecule has 0 radical (unpaired) electrons. The van der Waals surface area contributed by atoms with Crippen LogP contribution in [-0.4, -0.2) is 68.7 Å². The minimum absolute atomic E-state index is 0.0828. The third kappa shape index (κ3) is 5.64. The van der Waals surface area contributed by atoms with E-state index in [2.05, 4.69) is 24.8 Å². The second-order valence-electron chi connectivity index (χ2n) is 12.3. The predicted molar refractivity (Wildman–Crippen MR) is 173 cm³/mol. The normalized spacial score (nSPS) is 16.4. The largest absolute Gasteiger partial charge is 0.486 e. The van der Waals surface area contributed by atoms with Gasteiger partial charge in [0, 0.05) is 69.4 Å². The number of esters is 1. The van der Waals surface area contributed by atoms with Crippen molar-refractivity contribution in [2.75, 3.05) is 36.9 Å². The van der Waals surface area contributed by atoms with Crippen LogP contribution in [0.2, 0.25) is 0 Å². The van der Waals surface area contributed by atoms with Crippen LogP contribution in [0.15, 0.2) is 53.7 Å². The number of hydrogen-bond acceptors (Lipinski definition) is 9. The maximum absolute atomic E-state index is 13.9. The van der Waals surface area contributed by atoms with Crippen LogP contribution in [0.5, 0.6) is 5.75 Å². The zero-order valence-electron chi connectivity index (χ0n) is 26.3. The van der Waals surface area contributed by atoms with Gasteiger partial charge in [-0.1, -0.05) is 0 Å². The monoisotopic (exact) mass is 623 g/mol. The third-order valence-corrected chi connectivity index (χ3v) is 8.95. The van der Waals surface area contributed by atoms with Crippen molar-refractivity contribution >= 4 is 29.2 Å². The number of amides is 1. The van der Waals surface area contributed by atoms with E-state index in [0.717, 1.165) is 38.8 Å². The van der Waals surface area contributed by atoms with E-state index in [0.29, 0.717) is 58.5 Å². The van der Waals surface area contributed by atoms with E-state index in [1.165, 1.54) is 22.7 Å². The number of likely N-dealkylation sites (N-methyl/N-ethyl adjacent to an activating group) is 1. The maximum atomic E-state index is 13.9. The van der Waals surface area contributed by atoms with Crippen LogP contribution >= 0.6 is 0 Å². The first-order valence-corrected chi connectivity index (χ1v) is 15.7. The zero-order chi connectivity index (χ0) is 31.9. The van der Waals surface area contributed by atoms with Crippen LogP contribution in [0.4, 0.5) is 17.3 Å². The number of aromatic nitrogens is 4. The topological polar surface area (TPSA) is 124 Å². The number of nitrogens with one attached hydrogen (secondary N) is 1. The Labute approximate surface area is 266 Å². The molecular formula is C34H37N7O5. The van der Waals surface area contributed by atoms with Gasteiger partial charge >= 0.3 is 5.97 Å². The second-order valence-corrected chi connectivity index (χ2v) is 12.3. The van der Waals surface area contributed by atoms with Crippen LogP contribution < -0.4 is 20.5 Å². The number of pyridine rings is 3. The van der Waals surface area contributed by atoms with Gasteiger partial charge in [-0.15, -0.1) is 0 Å². The van der Waals surface area contributed by atoms with E-state index >= 15 is 0 Å². The molecule has 4 aromatic rings. The maximum Gasteiger partial charge on any atom is 0.302 e. The highest BCUT2D eigenvalue weighted by Crippen LogP contribution is 2.35. The van der Waals surface area contributed by atoms with Gasteiger partial charge in [0.25, 0.3) is 11.5 Å². The zero-order valence-corrected chi connectivity index (χ0v) is 26.3. The number of anilines is 3. The van der Waals surface area contributed by atoms with Crippen molar-refractivity contribution in [3.05, 3.63) is 81.8 Å². The first kappa shape index (κ1) is 29.7. The molecular weight excluding hydrogens is 586 g/mol. The Kier molecular flexibility index (Phi) is 7.81. The van der Waals surface area contributed by atoms with Crippen LogP contribution in [-0.2, 0) is 42.6 Å². The molecule has 3 aliphatic rings. The lowest BCUT2D eigenvalue weighted by Crippen LogP contribution is -2.51. The smallest absolute Gasteiger partial charge is 0.302 e. The average Bonchev–Trinajstić information content (AvgIpc) is 3.42. The van der Waals surface area contributed by atoms with Crippen molar-refractivity contribution in [1.82, 2.24) is 24.0 Å². The van der Waals surface area contributed by atoms with Crippen molar-refractivity contribution < 1.29 is 19.1 Å². The lowest BCUT2D eigenvalue weighted by atomic mass is 9.98.